The van der Waals surface area contributed by atoms with E-state index in [-0.39, 0.29) is 11.7 Å². The second-order valence-corrected chi connectivity index (χ2v) is 4.81. The summed E-state index contributed by atoms with van der Waals surface area (Å²) in [6.07, 6.45) is 4.33. The third kappa shape index (κ3) is 2.45. The summed E-state index contributed by atoms with van der Waals surface area (Å²) in [6, 6.07) is 0.580. The Kier molecular flexibility index (Phi) is 3.82. The molecule has 0 bridgehead atoms. The minimum absolute atomic E-state index is 0.0220. The van der Waals surface area contributed by atoms with Crippen LogP contribution >= 0.6 is 0 Å². The molecule has 0 aliphatic carbocycles. The lowest BCUT2D eigenvalue weighted by Gasteiger charge is -2.28. The fraction of sp³-hybridized carbons (Fsp3) is 0.667. The van der Waals surface area contributed by atoms with Gasteiger partial charge in [-0.25, -0.2) is 4.98 Å². The second-order valence-electron chi connectivity index (χ2n) is 4.81. The Morgan fingerprint density at radius 3 is 2.89 bits per heavy atom. The van der Waals surface area contributed by atoms with Gasteiger partial charge < -0.3 is 10.2 Å². The number of hydrogen-bond donors (Lipinski definition) is 1. The van der Waals surface area contributed by atoms with E-state index in [4.69, 9.17) is 0 Å². The van der Waals surface area contributed by atoms with Crippen LogP contribution in [0.25, 0.3) is 0 Å². The van der Waals surface area contributed by atoms with Crippen LogP contribution in [0.1, 0.15) is 33.1 Å². The van der Waals surface area contributed by atoms with Crippen LogP contribution in [0.5, 0.6) is 0 Å². The summed E-state index contributed by atoms with van der Waals surface area (Å²) >= 11 is 0. The number of anilines is 2. The molecule has 2 heterocycles. The molecule has 1 fully saturated rings. The lowest BCUT2D eigenvalue weighted by atomic mass is 10.1. The van der Waals surface area contributed by atoms with Crippen LogP contribution in [-0.4, -0.2) is 34.0 Å². The zero-order chi connectivity index (χ0) is 14.0. The quantitative estimate of drug-likeness (QED) is 0.663. The van der Waals surface area contributed by atoms with Crippen molar-refractivity contribution in [1.29, 1.82) is 0 Å². The normalized spacial score (nSPS) is 22.6. The fourth-order valence-electron chi connectivity index (χ4n) is 2.66. The van der Waals surface area contributed by atoms with Gasteiger partial charge in [0, 0.05) is 19.1 Å². The molecule has 1 aromatic rings. The molecule has 7 nitrogen and oxygen atoms in total. The average molecular weight is 265 g/mol. The molecule has 0 radical (unpaired) electrons. The molecule has 1 aliphatic heterocycles. The van der Waals surface area contributed by atoms with E-state index in [1.54, 1.807) is 7.05 Å². The zero-order valence-corrected chi connectivity index (χ0v) is 11.5. The van der Waals surface area contributed by atoms with Gasteiger partial charge in [0.05, 0.1) is 4.92 Å². The van der Waals surface area contributed by atoms with Crippen molar-refractivity contribution >= 4 is 17.5 Å². The lowest BCUT2D eigenvalue weighted by Crippen LogP contribution is -2.35. The smallest absolute Gasteiger partial charge is 0.329 e. The molecule has 0 saturated carbocycles. The maximum atomic E-state index is 11.2. The third-order valence-electron chi connectivity index (χ3n) is 3.67. The molecular weight excluding hydrogens is 246 g/mol. The maximum Gasteiger partial charge on any atom is 0.329 e. The molecule has 1 saturated heterocycles. The minimum atomic E-state index is -0.410. The van der Waals surface area contributed by atoms with Gasteiger partial charge in [-0.3, -0.25) is 10.1 Å². The van der Waals surface area contributed by atoms with Crippen molar-refractivity contribution in [3.63, 3.8) is 0 Å². The van der Waals surface area contributed by atoms with Gasteiger partial charge in [-0.2, -0.15) is 4.98 Å². The highest BCUT2D eigenvalue weighted by Crippen LogP contribution is 2.36. The number of rotatable bonds is 4. The predicted octanol–water partition coefficient (Wildman–Crippen LogP) is 2.19. The molecule has 1 aliphatic rings. The highest BCUT2D eigenvalue weighted by Gasteiger charge is 2.35. The van der Waals surface area contributed by atoms with Crippen LogP contribution in [-0.2, 0) is 0 Å². The van der Waals surface area contributed by atoms with Crippen LogP contribution in [0.4, 0.5) is 17.5 Å². The summed E-state index contributed by atoms with van der Waals surface area (Å²) in [7, 11) is 1.70. The summed E-state index contributed by atoms with van der Waals surface area (Å²) in [5, 5.41) is 14.0. The number of hydrogen-bond acceptors (Lipinski definition) is 6. The molecule has 1 aromatic heterocycles. The summed E-state index contributed by atoms with van der Waals surface area (Å²) in [5.41, 5.74) is -0.0220. The molecule has 0 spiro atoms. The van der Waals surface area contributed by atoms with Gasteiger partial charge in [0.15, 0.2) is 0 Å². The van der Waals surface area contributed by atoms with Gasteiger partial charge in [0.1, 0.15) is 6.20 Å². The molecule has 0 aromatic carbocycles. The van der Waals surface area contributed by atoms with Gasteiger partial charge >= 0.3 is 5.69 Å². The standard InChI is InChI=1S/C12H19N5O2/c1-4-9-6-5-8(2)16(9)11-10(17(18)19)7-14-12(13-3)15-11/h7-9H,4-6H2,1-3H3,(H,13,14,15). The summed E-state index contributed by atoms with van der Waals surface area (Å²) in [5.74, 6) is 0.843. The van der Waals surface area contributed by atoms with E-state index in [0.29, 0.717) is 17.8 Å². The van der Waals surface area contributed by atoms with Gasteiger partial charge in [-0.05, 0) is 26.2 Å². The maximum absolute atomic E-state index is 11.2. The van der Waals surface area contributed by atoms with Crippen LogP contribution < -0.4 is 10.2 Å². The van der Waals surface area contributed by atoms with E-state index >= 15 is 0 Å². The highest BCUT2D eigenvalue weighted by atomic mass is 16.6. The first-order valence-electron chi connectivity index (χ1n) is 6.56. The molecule has 2 atom stereocenters. The van der Waals surface area contributed by atoms with Crippen LogP contribution in [0.15, 0.2) is 6.20 Å². The Morgan fingerprint density at radius 1 is 1.58 bits per heavy atom. The van der Waals surface area contributed by atoms with Crippen LogP contribution in [0.2, 0.25) is 0 Å². The summed E-state index contributed by atoms with van der Waals surface area (Å²) in [6.45, 7) is 4.18. The number of nitro groups is 1. The Bertz CT molecular complexity index is 479. The molecule has 19 heavy (non-hydrogen) atoms. The van der Waals surface area contributed by atoms with Gasteiger partial charge in [-0.15, -0.1) is 0 Å². The number of nitrogens with one attached hydrogen (secondary N) is 1. The molecule has 7 heteroatoms. The van der Waals surface area contributed by atoms with Crippen molar-refractivity contribution in [3.8, 4) is 0 Å². The van der Waals surface area contributed by atoms with Crippen molar-refractivity contribution in [3.05, 3.63) is 16.3 Å². The summed E-state index contributed by atoms with van der Waals surface area (Å²) < 4.78 is 0. The van der Waals surface area contributed by atoms with E-state index in [2.05, 4.69) is 34.0 Å². The number of nitrogens with zero attached hydrogens (tertiary/aromatic N) is 4. The second kappa shape index (κ2) is 5.38. The Morgan fingerprint density at radius 2 is 2.32 bits per heavy atom. The van der Waals surface area contributed by atoms with E-state index in [1.807, 2.05) is 0 Å². The number of aromatic nitrogens is 2. The monoisotopic (exact) mass is 265 g/mol. The molecule has 1 N–H and O–H groups in total. The van der Waals surface area contributed by atoms with Crippen molar-refractivity contribution in [2.24, 2.45) is 0 Å². The van der Waals surface area contributed by atoms with E-state index in [0.717, 1.165) is 19.3 Å². The average Bonchev–Trinajstić information content (AvgIpc) is 2.78. The minimum Gasteiger partial charge on any atom is -0.357 e. The highest BCUT2D eigenvalue weighted by molar-refractivity contribution is 5.60. The van der Waals surface area contributed by atoms with E-state index in [9.17, 15) is 10.1 Å². The van der Waals surface area contributed by atoms with E-state index < -0.39 is 4.92 Å². The Hall–Kier alpha value is -1.92. The van der Waals surface area contributed by atoms with Crippen molar-refractivity contribution in [2.75, 3.05) is 17.3 Å². The fourth-order valence-corrected chi connectivity index (χ4v) is 2.66. The first kappa shape index (κ1) is 13.5. The molecule has 104 valence electrons. The third-order valence-corrected chi connectivity index (χ3v) is 3.67. The molecule has 2 rings (SSSR count). The zero-order valence-electron chi connectivity index (χ0n) is 11.5. The van der Waals surface area contributed by atoms with Gasteiger partial charge in [0.2, 0.25) is 11.8 Å². The first-order chi connectivity index (χ1) is 9.08. The van der Waals surface area contributed by atoms with Crippen molar-refractivity contribution in [2.45, 2.75) is 45.2 Å². The van der Waals surface area contributed by atoms with Crippen molar-refractivity contribution < 1.29 is 4.92 Å². The lowest BCUT2D eigenvalue weighted by molar-refractivity contribution is -0.384. The van der Waals surface area contributed by atoms with Gasteiger partial charge in [-0.1, -0.05) is 6.92 Å². The molecule has 2 unspecified atom stereocenters. The Balaban J connectivity index is 2.48. The van der Waals surface area contributed by atoms with Crippen molar-refractivity contribution in [1.82, 2.24) is 9.97 Å². The Labute approximate surface area is 112 Å². The first-order valence-corrected chi connectivity index (χ1v) is 6.56. The SMILES string of the molecule is CCC1CCC(C)N1c1nc(NC)ncc1[N+](=O)[O-]. The summed E-state index contributed by atoms with van der Waals surface area (Å²) in [4.78, 5) is 21.1. The van der Waals surface area contributed by atoms with Crippen LogP contribution in [0.3, 0.4) is 0 Å². The predicted molar refractivity (Wildman–Crippen MR) is 73.5 cm³/mol. The topological polar surface area (TPSA) is 84.2 Å². The molecular formula is C12H19N5O2. The molecule has 0 amide bonds. The largest absolute Gasteiger partial charge is 0.357 e. The van der Waals surface area contributed by atoms with Crippen LogP contribution in [0, 0.1) is 10.1 Å². The van der Waals surface area contributed by atoms with E-state index in [1.165, 1.54) is 6.20 Å². The van der Waals surface area contributed by atoms with Gasteiger partial charge in [0.25, 0.3) is 0 Å².